The summed E-state index contributed by atoms with van der Waals surface area (Å²) in [5.41, 5.74) is 2.63. The van der Waals surface area contributed by atoms with E-state index in [2.05, 4.69) is 5.10 Å². The molecule has 0 N–H and O–H groups in total. The van der Waals surface area contributed by atoms with Crippen LogP contribution in [-0.4, -0.2) is 27.6 Å². The smallest absolute Gasteiger partial charge is 0.257 e. The van der Waals surface area contributed by atoms with Crippen molar-refractivity contribution in [3.8, 4) is 5.69 Å². The molecule has 0 radical (unpaired) electrons. The van der Waals surface area contributed by atoms with Gasteiger partial charge in [-0.05, 0) is 24.6 Å². The zero-order valence-corrected chi connectivity index (χ0v) is 13.3. The summed E-state index contributed by atoms with van der Waals surface area (Å²) in [6.07, 6.45) is 3.38. The van der Waals surface area contributed by atoms with Gasteiger partial charge in [-0.3, -0.25) is 4.79 Å². The van der Waals surface area contributed by atoms with Gasteiger partial charge in [-0.25, -0.2) is 4.68 Å². The van der Waals surface area contributed by atoms with Gasteiger partial charge in [0.15, 0.2) is 0 Å². The Morgan fingerprint density at radius 1 is 1.04 bits per heavy atom. The Morgan fingerprint density at radius 2 is 1.65 bits per heavy atom. The second-order valence-corrected chi connectivity index (χ2v) is 5.51. The van der Waals surface area contributed by atoms with Crippen LogP contribution >= 0.6 is 0 Å². The van der Waals surface area contributed by atoms with Crippen LogP contribution in [0.4, 0.5) is 0 Å². The van der Waals surface area contributed by atoms with Crippen LogP contribution in [0.1, 0.15) is 28.9 Å². The lowest BCUT2D eigenvalue weighted by Gasteiger charge is -2.24. The highest BCUT2D eigenvalue weighted by Gasteiger charge is 2.20. The zero-order valence-electron chi connectivity index (χ0n) is 13.3. The maximum atomic E-state index is 12.7. The molecule has 1 aromatic heterocycles. The standard InChI is InChI=1S/C19H19N3O/c1-15(16-9-5-3-6-10-16)21(2)19(23)17-13-20-22(14-17)18-11-7-4-8-12-18/h3-15H,1-2H3. The van der Waals surface area contributed by atoms with E-state index in [0.717, 1.165) is 11.3 Å². The van der Waals surface area contributed by atoms with Crippen LogP contribution in [0.3, 0.4) is 0 Å². The predicted molar refractivity (Wildman–Crippen MR) is 90.5 cm³/mol. The maximum absolute atomic E-state index is 12.7. The number of nitrogens with zero attached hydrogens (tertiary/aromatic N) is 3. The van der Waals surface area contributed by atoms with Crippen LogP contribution in [0, 0.1) is 0 Å². The quantitative estimate of drug-likeness (QED) is 0.737. The summed E-state index contributed by atoms with van der Waals surface area (Å²) in [5, 5.41) is 4.29. The highest BCUT2D eigenvalue weighted by atomic mass is 16.2. The van der Waals surface area contributed by atoms with Crippen LogP contribution in [0.5, 0.6) is 0 Å². The van der Waals surface area contributed by atoms with Gasteiger partial charge in [-0.1, -0.05) is 48.5 Å². The van der Waals surface area contributed by atoms with Crippen LogP contribution in [0.15, 0.2) is 73.1 Å². The molecule has 0 saturated carbocycles. The SMILES string of the molecule is CC(c1ccccc1)N(C)C(=O)c1cnn(-c2ccccc2)c1. The minimum Gasteiger partial charge on any atom is -0.335 e. The Hall–Kier alpha value is -2.88. The van der Waals surface area contributed by atoms with E-state index in [1.165, 1.54) is 0 Å². The monoisotopic (exact) mass is 305 g/mol. The Labute approximate surface area is 136 Å². The Balaban J connectivity index is 1.79. The molecule has 3 rings (SSSR count). The Bertz CT molecular complexity index is 781. The average Bonchev–Trinajstić information content (AvgIpc) is 3.11. The summed E-state index contributed by atoms with van der Waals surface area (Å²) in [7, 11) is 1.82. The summed E-state index contributed by atoms with van der Waals surface area (Å²) in [6.45, 7) is 2.02. The van der Waals surface area contributed by atoms with Gasteiger partial charge in [0.1, 0.15) is 0 Å². The van der Waals surface area contributed by atoms with Gasteiger partial charge in [-0.15, -0.1) is 0 Å². The van der Waals surface area contributed by atoms with Crippen molar-refractivity contribution >= 4 is 5.91 Å². The summed E-state index contributed by atoms with van der Waals surface area (Å²) >= 11 is 0. The molecule has 0 aliphatic heterocycles. The first-order chi connectivity index (χ1) is 11.2. The Morgan fingerprint density at radius 3 is 2.30 bits per heavy atom. The van der Waals surface area contributed by atoms with Gasteiger partial charge in [0, 0.05) is 13.2 Å². The second-order valence-electron chi connectivity index (χ2n) is 5.51. The number of rotatable bonds is 4. The lowest BCUT2D eigenvalue weighted by molar-refractivity contribution is 0.0742. The molecule has 1 unspecified atom stereocenters. The molecule has 0 fully saturated rings. The third kappa shape index (κ3) is 3.16. The van der Waals surface area contributed by atoms with Crippen molar-refractivity contribution in [3.05, 3.63) is 84.2 Å². The highest BCUT2D eigenvalue weighted by Crippen LogP contribution is 2.20. The first-order valence-electron chi connectivity index (χ1n) is 7.59. The summed E-state index contributed by atoms with van der Waals surface area (Å²) < 4.78 is 1.72. The van der Waals surface area contributed by atoms with Gasteiger partial charge >= 0.3 is 0 Å². The van der Waals surface area contributed by atoms with Gasteiger partial charge < -0.3 is 4.90 Å². The number of carbonyl (C=O) groups is 1. The molecule has 0 aliphatic rings. The first-order valence-corrected chi connectivity index (χ1v) is 7.59. The maximum Gasteiger partial charge on any atom is 0.257 e. The van der Waals surface area contributed by atoms with E-state index in [1.807, 2.05) is 74.6 Å². The molecule has 0 aliphatic carbocycles. The Kier molecular flexibility index (Phi) is 4.24. The third-order valence-electron chi connectivity index (χ3n) is 4.03. The van der Waals surface area contributed by atoms with Gasteiger partial charge in [-0.2, -0.15) is 5.10 Å². The van der Waals surface area contributed by atoms with E-state index in [1.54, 1.807) is 22.0 Å². The average molecular weight is 305 g/mol. The fraction of sp³-hybridized carbons (Fsp3) is 0.158. The molecule has 116 valence electrons. The van der Waals surface area contributed by atoms with Gasteiger partial charge in [0.05, 0.1) is 23.5 Å². The zero-order chi connectivity index (χ0) is 16.2. The molecule has 4 heteroatoms. The summed E-state index contributed by atoms with van der Waals surface area (Å²) in [5.74, 6) is -0.0384. The predicted octanol–water partition coefficient (Wildman–Crippen LogP) is 3.71. The van der Waals surface area contributed by atoms with Crippen LogP contribution < -0.4 is 0 Å². The molecule has 0 bridgehead atoms. The van der Waals surface area contributed by atoms with Crippen LogP contribution in [0.25, 0.3) is 5.69 Å². The number of hydrogen-bond acceptors (Lipinski definition) is 2. The molecule has 3 aromatic rings. The van der Waals surface area contributed by atoms with Crippen LogP contribution in [0.2, 0.25) is 0 Å². The largest absolute Gasteiger partial charge is 0.335 e. The van der Waals surface area contributed by atoms with Gasteiger partial charge in [0.2, 0.25) is 0 Å². The lowest BCUT2D eigenvalue weighted by atomic mass is 10.1. The molecule has 1 atom stereocenters. The van der Waals surface area contributed by atoms with Crippen molar-refractivity contribution in [1.29, 1.82) is 0 Å². The molecular formula is C19H19N3O. The van der Waals surface area contributed by atoms with Crippen molar-refractivity contribution in [2.75, 3.05) is 7.05 Å². The van der Waals surface area contributed by atoms with Gasteiger partial charge in [0.25, 0.3) is 5.91 Å². The minimum absolute atomic E-state index is 0.00350. The highest BCUT2D eigenvalue weighted by molar-refractivity contribution is 5.93. The van der Waals surface area contributed by atoms with Crippen molar-refractivity contribution in [3.63, 3.8) is 0 Å². The molecule has 1 amide bonds. The van der Waals surface area contributed by atoms with E-state index in [4.69, 9.17) is 0 Å². The fourth-order valence-electron chi connectivity index (χ4n) is 2.49. The molecule has 0 saturated heterocycles. The fourth-order valence-corrected chi connectivity index (χ4v) is 2.49. The van der Waals surface area contributed by atoms with E-state index in [0.29, 0.717) is 5.56 Å². The van der Waals surface area contributed by atoms with E-state index in [9.17, 15) is 4.79 Å². The van der Waals surface area contributed by atoms with Crippen molar-refractivity contribution < 1.29 is 4.79 Å². The van der Waals surface area contributed by atoms with E-state index in [-0.39, 0.29) is 11.9 Å². The molecular weight excluding hydrogens is 286 g/mol. The topological polar surface area (TPSA) is 38.1 Å². The first kappa shape index (κ1) is 15.0. The van der Waals surface area contributed by atoms with E-state index >= 15 is 0 Å². The normalized spacial score (nSPS) is 11.9. The summed E-state index contributed by atoms with van der Waals surface area (Å²) in [4.78, 5) is 14.4. The number of hydrogen-bond donors (Lipinski definition) is 0. The number of carbonyl (C=O) groups excluding carboxylic acids is 1. The van der Waals surface area contributed by atoms with Crippen molar-refractivity contribution in [2.24, 2.45) is 0 Å². The van der Waals surface area contributed by atoms with Crippen molar-refractivity contribution in [1.82, 2.24) is 14.7 Å². The lowest BCUT2D eigenvalue weighted by Crippen LogP contribution is -2.29. The second kappa shape index (κ2) is 6.48. The minimum atomic E-state index is -0.0384. The van der Waals surface area contributed by atoms with Crippen molar-refractivity contribution in [2.45, 2.75) is 13.0 Å². The summed E-state index contributed by atoms with van der Waals surface area (Å²) in [6, 6.07) is 19.8. The third-order valence-corrected chi connectivity index (χ3v) is 4.03. The number of para-hydroxylation sites is 1. The molecule has 4 nitrogen and oxygen atoms in total. The van der Waals surface area contributed by atoms with E-state index < -0.39 is 0 Å². The van der Waals surface area contributed by atoms with Crippen LogP contribution in [-0.2, 0) is 0 Å². The molecule has 0 spiro atoms. The number of amides is 1. The number of benzene rings is 2. The number of aromatic nitrogens is 2. The molecule has 23 heavy (non-hydrogen) atoms. The molecule has 1 heterocycles. The molecule has 2 aromatic carbocycles.